The maximum Gasteiger partial charge on any atom is 0.363 e. The third-order valence-electron chi connectivity index (χ3n) is 3.86. The molecule has 5 heteroatoms. The monoisotopic (exact) mass is 373 g/mol. The fourth-order valence-electron chi connectivity index (χ4n) is 2.42. The van der Waals surface area contributed by atoms with E-state index in [1.807, 2.05) is 24.3 Å². The van der Waals surface area contributed by atoms with Gasteiger partial charge in [-0.2, -0.15) is 0 Å². The summed E-state index contributed by atoms with van der Waals surface area (Å²) < 4.78 is 5.25. The van der Waals surface area contributed by atoms with Crippen LogP contribution in [0.1, 0.15) is 37.5 Å². The molecule has 1 aliphatic heterocycles. The fraction of sp³-hybridized carbons (Fsp3) is 0.200. The lowest BCUT2D eigenvalue weighted by molar-refractivity contribution is -0.129. The average molecular weight is 374 g/mol. The van der Waals surface area contributed by atoms with Crippen LogP contribution < -0.4 is 0 Å². The molecule has 0 spiro atoms. The third kappa shape index (κ3) is 3.94. The van der Waals surface area contributed by atoms with E-state index in [2.05, 4.69) is 25.8 Å². The topological polar surface area (TPSA) is 38.7 Å². The van der Waals surface area contributed by atoms with Crippen LogP contribution in [0, 0.1) is 0 Å². The molecule has 0 unspecified atom stereocenters. The van der Waals surface area contributed by atoms with Crippen LogP contribution in [0.15, 0.2) is 53.2 Å². The Kier molecular flexibility index (Phi) is 4.72. The number of carbonyl (C=O) groups is 1. The van der Waals surface area contributed by atoms with Crippen molar-refractivity contribution < 1.29 is 9.53 Å². The maximum absolute atomic E-state index is 12.1. The van der Waals surface area contributed by atoms with Gasteiger partial charge in [0.05, 0.1) is 10.6 Å². The van der Waals surface area contributed by atoms with Crippen LogP contribution in [-0.4, -0.2) is 11.9 Å². The highest BCUT2D eigenvalue weighted by Crippen LogP contribution is 2.27. The first-order valence-electron chi connectivity index (χ1n) is 7.82. The Hall–Kier alpha value is -2.10. The maximum atomic E-state index is 12.1. The summed E-state index contributed by atoms with van der Waals surface area (Å²) in [6.45, 7) is 6.46. The summed E-state index contributed by atoms with van der Waals surface area (Å²) in [7, 11) is 0. The van der Waals surface area contributed by atoms with E-state index in [0.717, 1.165) is 5.56 Å². The highest BCUT2D eigenvalue weighted by molar-refractivity contribution is 6.36. The zero-order valence-electron chi connectivity index (χ0n) is 14.1. The summed E-state index contributed by atoms with van der Waals surface area (Å²) in [6.07, 6.45) is 1.69. The Morgan fingerprint density at radius 3 is 2.36 bits per heavy atom. The normalized spacial score (nSPS) is 16.1. The van der Waals surface area contributed by atoms with Gasteiger partial charge in [0, 0.05) is 5.02 Å². The van der Waals surface area contributed by atoms with Crippen LogP contribution in [0.2, 0.25) is 10.0 Å². The minimum absolute atomic E-state index is 0.0760. The number of esters is 1. The molecule has 3 rings (SSSR count). The molecule has 0 aliphatic carbocycles. The number of benzene rings is 2. The zero-order valence-corrected chi connectivity index (χ0v) is 15.7. The van der Waals surface area contributed by atoms with Crippen LogP contribution >= 0.6 is 23.2 Å². The molecule has 2 aromatic carbocycles. The molecule has 0 radical (unpaired) electrons. The third-order valence-corrected chi connectivity index (χ3v) is 4.42. The van der Waals surface area contributed by atoms with Crippen LogP contribution in [0.5, 0.6) is 0 Å². The summed E-state index contributed by atoms with van der Waals surface area (Å²) in [4.78, 5) is 16.4. The second-order valence-electron chi connectivity index (χ2n) is 6.83. The van der Waals surface area contributed by atoms with E-state index in [4.69, 9.17) is 27.9 Å². The van der Waals surface area contributed by atoms with Gasteiger partial charge in [-0.15, -0.1) is 0 Å². The minimum Gasteiger partial charge on any atom is -0.402 e. The first-order valence-corrected chi connectivity index (χ1v) is 8.58. The van der Waals surface area contributed by atoms with E-state index < -0.39 is 5.97 Å². The number of rotatable bonds is 2. The number of halogens is 2. The van der Waals surface area contributed by atoms with Crippen molar-refractivity contribution in [1.82, 2.24) is 0 Å². The van der Waals surface area contributed by atoms with E-state index in [1.54, 1.807) is 24.3 Å². The average Bonchev–Trinajstić information content (AvgIpc) is 2.90. The summed E-state index contributed by atoms with van der Waals surface area (Å²) in [5, 5.41) is 0.917. The lowest BCUT2D eigenvalue weighted by Crippen LogP contribution is -2.10. The van der Waals surface area contributed by atoms with Crippen LogP contribution in [-0.2, 0) is 14.9 Å². The number of nitrogens with zero attached hydrogens (tertiary/aromatic N) is 1. The number of ether oxygens (including phenoxy) is 1. The Labute approximate surface area is 156 Å². The predicted octanol–water partition coefficient (Wildman–Crippen LogP) is 5.64. The van der Waals surface area contributed by atoms with Crippen molar-refractivity contribution in [3.63, 3.8) is 0 Å². The summed E-state index contributed by atoms with van der Waals surface area (Å²) in [5.41, 5.74) is 2.90. The highest BCUT2D eigenvalue weighted by Gasteiger charge is 2.26. The summed E-state index contributed by atoms with van der Waals surface area (Å²) in [5.74, 6) is -0.346. The first-order chi connectivity index (χ1) is 11.7. The molecule has 3 nitrogen and oxygen atoms in total. The van der Waals surface area contributed by atoms with Crippen molar-refractivity contribution in [2.24, 2.45) is 4.99 Å². The molecule has 0 atom stereocenters. The van der Waals surface area contributed by atoms with Crippen LogP contribution in [0.4, 0.5) is 0 Å². The number of aliphatic imine (C=N–C) groups is 1. The Morgan fingerprint density at radius 1 is 1.04 bits per heavy atom. The Bertz CT molecular complexity index is 891. The van der Waals surface area contributed by atoms with Crippen LogP contribution in [0.25, 0.3) is 6.08 Å². The fourth-order valence-corrected chi connectivity index (χ4v) is 2.79. The van der Waals surface area contributed by atoms with Crippen LogP contribution in [0.3, 0.4) is 0 Å². The zero-order chi connectivity index (χ0) is 18.2. The lowest BCUT2D eigenvalue weighted by atomic mass is 9.87. The molecule has 1 heterocycles. The van der Waals surface area contributed by atoms with Crippen molar-refractivity contribution in [2.75, 3.05) is 0 Å². The number of carbonyl (C=O) groups excluding carboxylic acids is 1. The van der Waals surface area contributed by atoms with Gasteiger partial charge in [0.15, 0.2) is 5.70 Å². The molecule has 2 aromatic rings. The molecule has 0 N–H and O–H groups in total. The van der Waals surface area contributed by atoms with E-state index in [0.29, 0.717) is 15.6 Å². The van der Waals surface area contributed by atoms with Gasteiger partial charge >= 0.3 is 5.97 Å². The predicted molar refractivity (Wildman–Crippen MR) is 102 cm³/mol. The van der Waals surface area contributed by atoms with Crippen molar-refractivity contribution in [1.29, 1.82) is 0 Å². The van der Waals surface area contributed by atoms with Gasteiger partial charge in [-0.25, -0.2) is 9.79 Å². The van der Waals surface area contributed by atoms with Gasteiger partial charge in [-0.05, 0) is 40.8 Å². The van der Waals surface area contributed by atoms with Gasteiger partial charge in [-0.1, -0.05) is 68.2 Å². The van der Waals surface area contributed by atoms with E-state index >= 15 is 0 Å². The minimum atomic E-state index is -0.508. The SMILES string of the molecule is CC(C)(C)c1ccc(/C=C2\N=C(c3cc(Cl)ccc3Cl)OC2=O)cc1. The smallest absolute Gasteiger partial charge is 0.363 e. The van der Waals surface area contributed by atoms with Crippen molar-refractivity contribution in [3.8, 4) is 0 Å². The van der Waals surface area contributed by atoms with Gasteiger partial charge in [0.1, 0.15) is 0 Å². The van der Waals surface area contributed by atoms with Crippen molar-refractivity contribution in [3.05, 3.63) is 74.9 Å². The van der Waals surface area contributed by atoms with E-state index in [-0.39, 0.29) is 17.0 Å². The van der Waals surface area contributed by atoms with Gasteiger partial charge in [-0.3, -0.25) is 0 Å². The van der Waals surface area contributed by atoms with Crippen molar-refractivity contribution in [2.45, 2.75) is 26.2 Å². The molecular formula is C20H17Cl2NO2. The second-order valence-corrected chi connectivity index (χ2v) is 7.68. The largest absolute Gasteiger partial charge is 0.402 e. The summed E-state index contributed by atoms with van der Waals surface area (Å²) in [6, 6.07) is 12.9. The molecule has 0 saturated carbocycles. The van der Waals surface area contributed by atoms with E-state index in [9.17, 15) is 4.79 Å². The molecule has 0 saturated heterocycles. The molecular weight excluding hydrogens is 357 g/mol. The highest BCUT2D eigenvalue weighted by atomic mass is 35.5. The molecule has 1 aliphatic rings. The van der Waals surface area contributed by atoms with Gasteiger partial charge in [0.25, 0.3) is 0 Å². The number of hydrogen-bond donors (Lipinski definition) is 0. The molecule has 0 amide bonds. The molecule has 0 aromatic heterocycles. The Balaban J connectivity index is 1.92. The number of hydrogen-bond acceptors (Lipinski definition) is 3. The molecule has 25 heavy (non-hydrogen) atoms. The first kappa shape index (κ1) is 17.7. The summed E-state index contributed by atoms with van der Waals surface area (Å²) >= 11 is 12.1. The molecule has 128 valence electrons. The van der Waals surface area contributed by atoms with Gasteiger partial charge < -0.3 is 4.74 Å². The number of cyclic esters (lactones) is 1. The standard InChI is InChI=1S/C20H17Cl2NO2/c1-20(2,3)13-6-4-12(5-7-13)10-17-19(24)25-18(23-17)15-11-14(21)8-9-16(15)22/h4-11H,1-3H3/b17-10-. The molecule has 0 bridgehead atoms. The Morgan fingerprint density at radius 2 is 1.72 bits per heavy atom. The second kappa shape index (κ2) is 6.66. The molecule has 0 fully saturated rings. The van der Waals surface area contributed by atoms with E-state index in [1.165, 1.54) is 5.56 Å². The lowest BCUT2D eigenvalue weighted by Gasteiger charge is -2.18. The van der Waals surface area contributed by atoms with Crippen molar-refractivity contribution >= 4 is 41.1 Å². The quantitative estimate of drug-likeness (QED) is 0.504. The van der Waals surface area contributed by atoms with Gasteiger partial charge in [0.2, 0.25) is 5.90 Å².